The highest BCUT2D eigenvalue weighted by atomic mass is 32.1. The number of anilines is 1. The first kappa shape index (κ1) is 18.4. The van der Waals surface area contributed by atoms with E-state index in [0.29, 0.717) is 5.41 Å². The molecule has 0 unspecified atom stereocenters. The van der Waals surface area contributed by atoms with Gasteiger partial charge in [0.1, 0.15) is 0 Å². The fraction of sp³-hybridized carbons (Fsp3) is 0.400. The maximum atomic E-state index is 4.89. The molecule has 0 saturated carbocycles. The van der Waals surface area contributed by atoms with Gasteiger partial charge in [-0.3, -0.25) is 4.90 Å². The molecule has 0 radical (unpaired) electrons. The van der Waals surface area contributed by atoms with Crippen LogP contribution in [0.1, 0.15) is 31.2 Å². The molecule has 4 nitrogen and oxygen atoms in total. The van der Waals surface area contributed by atoms with Gasteiger partial charge in [-0.05, 0) is 61.4 Å². The highest BCUT2D eigenvalue weighted by Gasteiger charge is 2.38. The first-order valence-electron chi connectivity index (χ1n) is 11.2. The van der Waals surface area contributed by atoms with Gasteiger partial charge in [0.25, 0.3) is 0 Å². The van der Waals surface area contributed by atoms with E-state index in [9.17, 15) is 0 Å². The number of aromatic nitrogens is 2. The van der Waals surface area contributed by atoms with Gasteiger partial charge in [0, 0.05) is 43.3 Å². The van der Waals surface area contributed by atoms with Gasteiger partial charge in [-0.2, -0.15) is 0 Å². The number of nitrogens with one attached hydrogen (secondary N) is 1. The highest BCUT2D eigenvalue weighted by Crippen LogP contribution is 2.42. The van der Waals surface area contributed by atoms with Crippen molar-refractivity contribution in [3.05, 3.63) is 60.3 Å². The van der Waals surface area contributed by atoms with Crippen molar-refractivity contribution >= 4 is 37.6 Å². The van der Waals surface area contributed by atoms with Crippen molar-refractivity contribution < 1.29 is 0 Å². The number of benzene rings is 2. The molecule has 6 rings (SSSR count). The zero-order valence-corrected chi connectivity index (χ0v) is 18.1. The van der Waals surface area contributed by atoms with Gasteiger partial charge < -0.3 is 9.88 Å². The van der Waals surface area contributed by atoms with Crippen molar-refractivity contribution in [2.75, 3.05) is 31.1 Å². The quantitative estimate of drug-likeness (QED) is 0.468. The van der Waals surface area contributed by atoms with Gasteiger partial charge in [0.15, 0.2) is 5.13 Å². The molecule has 154 valence electrons. The highest BCUT2D eigenvalue weighted by molar-refractivity contribution is 7.22. The zero-order chi connectivity index (χ0) is 20.0. The maximum absolute atomic E-state index is 4.89. The lowest BCUT2D eigenvalue weighted by molar-refractivity contribution is 0.0608. The van der Waals surface area contributed by atoms with Crippen LogP contribution in [0, 0.1) is 5.41 Å². The topological polar surface area (TPSA) is 35.2 Å². The van der Waals surface area contributed by atoms with Crippen LogP contribution in [-0.2, 0) is 6.54 Å². The third-order valence-corrected chi connectivity index (χ3v) is 8.28. The van der Waals surface area contributed by atoms with Crippen LogP contribution >= 0.6 is 11.3 Å². The summed E-state index contributed by atoms with van der Waals surface area (Å²) in [6.07, 6.45) is 7.48. The minimum Gasteiger partial charge on any atom is -0.361 e. The molecule has 5 heteroatoms. The summed E-state index contributed by atoms with van der Waals surface area (Å²) in [4.78, 5) is 13.6. The molecule has 1 spiro atoms. The number of hydrogen-bond donors (Lipinski definition) is 1. The number of piperidine rings is 2. The molecule has 2 fully saturated rings. The summed E-state index contributed by atoms with van der Waals surface area (Å²) < 4.78 is 1.30. The lowest BCUT2D eigenvalue weighted by atomic mass is 9.72. The fourth-order valence-corrected chi connectivity index (χ4v) is 6.54. The molecule has 0 bridgehead atoms. The molecule has 2 aliphatic rings. The number of aromatic amines is 1. The van der Waals surface area contributed by atoms with Crippen LogP contribution in [0.5, 0.6) is 0 Å². The SMILES string of the molecule is c1ccc2sc(N3CCC4(CCCN(Cc5c[nH]c6ccccc56)C4)CC3)nc2c1. The number of nitrogens with zero attached hydrogens (tertiary/aromatic N) is 3. The van der Waals surface area contributed by atoms with E-state index in [1.165, 1.54) is 65.1 Å². The monoisotopic (exact) mass is 416 g/mol. The van der Waals surface area contributed by atoms with Crippen molar-refractivity contribution in [2.45, 2.75) is 32.2 Å². The lowest BCUT2D eigenvalue weighted by Gasteiger charge is -2.47. The van der Waals surface area contributed by atoms with Gasteiger partial charge in [0.2, 0.25) is 0 Å². The van der Waals surface area contributed by atoms with E-state index in [-0.39, 0.29) is 0 Å². The first-order chi connectivity index (χ1) is 14.8. The summed E-state index contributed by atoms with van der Waals surface area (Å²) in [6.45, 7) is 5.80. The molecule has 2 aliphatic heterocycles. The molecule has 4 aromatic rings. The Morgan fingerprint density at radius 3 is 2.70 bits per heavy atom. The Bertz CT molecular complexity index is 1140. The molecule has 2 aromatic heterocycles. The number of fused-ring (bicyclic) bond motifs is 2. The van der Waals surface area contributed by atoms with E-state index in [4.69, 9.17) is 4.98 Å². The minimum atomic E-state index is 0.484. The molecule has 1 N–H and O–H groups in total. The molecule has 0 atom stereocenters. The normalized spacial score (nSPS) is 19.8. The summed E-state index contributed by atoms with van der Waals surface area (Å²) in [6, 6.07) is 17.2. The molecular formula is C25H28N4S. The molecule has 0 aliphatic carbocycles. The van der Waals surface area contributed by atoms with Crippen molar-refractivity contribution in [2.24, 2.45) is 5.41 Å². The number of H-pyrrole nitrogens is 1. The molecule has 4 heterocycles. The standard InChI is InChI=1S/C25H28N4S/c1-2-7-21-20(6-1)19(16-26-21)17-28-13-5-10-25(18-28)11-14-29(15-12-25)24-27-22-8-3-4-9-23(22)30-24/h1-4,6-9,16,26H,5,10-15,17-18H2. The second kappa shape index (κ2) is 7.40. The Hall–Kier alpha value is -2.37. The smallest absolute Gasteiger partial charge is 0.186 e. The van der Waals surface area contributed by atoms with E-state index in [1.807, 2.05) is 11.3 Å². The van der Waals surface area contributed by atoms with Crippen LogP contribution in [-0.4, -0.2) is 41.0 Å². The van der Waals surface area contributed by atoms with Gasteiger partial charge in [-0.15, -0.1) is 0 Å². The molecule has 2 saturated heterocycles. The van der Waals surface area contributed by atoms with E-state index in [1.54, 1.807) is 0 Å². The average molecular weight is 417 g/mol. The predicted molar refractivity (Wildman–Crippen MR) is 126 cm³/mol. The molecular weight excluding hydrogens is 388 g/mol. The number of thiazole rings is 1. The Morgan fingerprint density at radius 1 is 0.967 bits per heavy atom. The number of para-hydroxylation sites is 2. The summed E-state index contributed by atoms with van der Waals surface area (Å²) in [7, 11) is 0. The summed E-state index contributed by atoms with van der Waals surface area (Å²) >= 11 is 1.84. The van der Waals surface area contributed by atoms with E-state index in [2.05, 4.69) is 69.5 Å². The third-order valence-electron chi connectivity index (χ3n) is 7.19. The third kappa shape index (κ3) is 3.30. The van der Waals surface area contributed by atoms with Crippen LogP contribution < -0.4 is 4.90 Å². The number of rotatable bonds is 3. The number of hydrogen-bond acceptors (Lipinski definition) is 4. The summed E-state index contributed by atoms with van der Waals surface area (Å²) in [5.41, 5.74) is 4.32. The first-order valence-corrected chi connectivity index (χ1v) is 12.0. The fourth-order valence-electron chi connectivity index (χ4n) is 5.52. The second-order valence-corrected chi connectivity index (χ2v) is 10.1. The predicted octanol–water partition coefficient (Wildman–Crippen LogP) is 5.66. The van der Waals surface area contributed by atoms with Crippen LogP contribution in [0.4, 0.5) is 5.13 Å². The van der Waals surface area contributed by atoms with E-state index < -0.39 is 0 Å². The summed E-state index contributed by atoms with van der Waals surface area (Å²) in [5, 5.41) is 2.58. The van der Waals surface area contributed by atoms with E-state index >= 15 is 0 Å². The maximum Gasteiger partial charge on any atom is 0.186 e. The average Bonchev–Trinajstić information content (AvgIpc) is 3.39. The Kier molecular flexibility index (Phi) is 4.54. The van der Waals surface area contributed by atoms with Crippen LogP contribution in [0.2, 0.25) is 0 Å². The van der Waals surface area contributed by atoms with Crippen LogP contribution in [0.25, 0.3) is 21.1 Å². The largest absolute Gasteiger partial charge is 0.361 e. The van der Waals surface area contributed by atoms with Gasteiger partial charge in [-0.25, -0.2) is 4.98 Å². The van der Waals surface area contributed by atoms with E-state index in [0.717, 1.165) is 25.2 Å². The van der Waals surface area contributed by atoms with Crippen molar-refractivity contribution in [3.8, 4) is 0 Å². The lowest BCUT2D eigenvalue weighted by Crippen LogP contribution is -2.49. The minimum absolute atomic E-state index is 0.484. The van der Waals surface area contributed by atoms with Gasteiger partial charge in [-0.1, -0.05) is 41.7 Å². The van der Waals surface area contributed by atoms with Gasteiger partial charge in [0.05, 0.1) is 10.2 Å². The van der Waals surface area contributed by atoms with Crippen molar-refractivity contribution in [3.63, 3.8) is 0 Å². The van der Waals surface area contributed by atoms with Gasteiger partial charge >= 0.3 is 0 Å². The summed E-state index contributed by atoms with van der Waals surface area (Å²) in [5.74, 6) is 0. The molecule has 30 heavy (non-hydrogen) atoms. The van der Waals surface area contributed by atoms with Crippen molar-refractivity contribution in [1.82, 2.24) is 14.9 Å². The number of likely N-dealkylation sites (tertiary alicyclic amines) is 1. The van der Waals surface area contributed by atoms with Crippen LogP contribution in [0.3, 0.4) is 0 Å². The molecule has 0 amide bonds. The zero-order valence-electron chi connectivity index (χ0n) is 17.3. The molecule has 2 aromatic carbocycles. The Labute approximate surface area is 181 Å². The second-order valence-electron chi connectivity index (χ2n) is 9.12. The van der Waals surface area contributed by atoms with Crippen molar-refractivity contribution in [1.29, 1.82) is 0 Å². The Morgan fingerprint density at radius 2 is 1.80 bits per heavy atom. The Balaban J connectivity index is 1.14. The van der Waals surface area contributed by atoms with Crippen LogP contribution in [0.15, 0.2) is 54.7 Å².